The number of nitrogens with zero attached hydrogens (tertiary/aromatic N) is 2. The molecule has 0 spiro atoms. The molecule has 9 heavy (non-hydrogen) atoms. The lowest BCUT2D eigenvalue weighted by molar-refractivity contribution is 0.180. The zero-order valence-corrected chi connectivity index (χ0v) is 5.25. The molecule has 1 aliphatic heterocycles. The molecule has 50 valence electrons. The fourth-order valence-electron chi connectivity index (χ4n) is 1.06. The third-order valence-corrected chi connectivity index (χ3v) is 1.54. The summed E-state index contributed by atoms with van der Waals surface area (Å²) in [7, 11) is 0. The van der Waals surface area contributed by atoms with Gasteiger partial charge < -0.3 is 5.11 Å². The molecule has 1 aliphatic rings. The monoisotopic (exact) mass is 126 g/mol. The van der Waals surface area contributed by atoms with Crippen LogP contribution in [0.1, 0.15) is 6.42 Å². The first kappa shape index (κ1) is 6.53. The second-order valence-corrected chi connectivity index (χ2v) is 2.34. The van der Waals surface area contributed by atoms with Crippen molar-refractivity contribution in [2.75, 3.05) is 19.6 Å². The molecule has 3 nitrogen and oxygen atoms in total. The lowest BCUT2D eigenvalue weighted by Crippen LogP contribution is -2.21. The van der Waals surface area contributed by atoms with Gasteiger partial charge in [0.1, 0.15) is 0 Å². The van der Waals surface area contributed by atoms with Gasteiger partial charge >= 0.3 is 0 Å². The van der Waals surface area contributed by atoms with Crippen LogP contribution in [0.2, 0.25) is 0 Å². The van der Waals surface area contributed by atoms with Crippen molar-refractivity contribution in [1.29, 1.82) is 5.26 Å². The highest BCUT2D eigenvalue weighted by atomic mass is 16.3. The van der Waals surface area contributed by atoms with E-state index in [4.69, 9.17) is 10.4 Å². The Kier molecular flexibility index (Phi) is 2.04. The molecule has 0 aliphatic carbocycles. The number of hydrogen-bond donors (Lipinski definition) is 1. The Morgan fingerprint density at radius 2 is 2.56 bits per heavy atom. The Labute approximate surface area is 54.5 Å². The predicted octanol–water partition coefficient (Wildman–Crippen LogP) is -0.423. The Morgan fingerprint density at radius 1 is 1.78 bits per heavy atom. The summed E-state index contributed by atoms with van der Waals surface area (Å²) in [5.74, 6) is 0. The molecule has 0 aromatic heterocycles. The molecule has 1 atom stereocenters. The molecule has 0 aromatic rings. The molecule has 1 heterocycles. The quantitative estimate of drug-likeness (QED) is 0.485. The van der Waals surface area contributed by atoms with E-state index in [9.17, 15) is 0 Å². The van der Waals surface area contributed by atoms with Crippen LogP contribution in [0, 0.1) is 11.3 Å². The smallest absolute Gasteiger partial charge is 0.0866 e. The first-order valence-electron chi connectivity index (χ1n) is 3.10. The maximum atomic E-state index is 8.98. The van der Waals surface area contributed by atoms with E-state index in [1.807, 2.05) is 11.0 Å². The van der Waals surface area contributed by atoms with Gasteiger partial charge in [0, 0.05) is 13.1 Å². The number of β-amino-alcohol motifs (C(OH)–C–C–N with tert-alkyl or cyclic N) is 1. The van der Waals surface area contributed by atoms with Crippen molar-refractivity contribution in [2.24, 2.45) is 0 Å². The van der Waals surface area contributed by atoms with Crippen LogP contribution in [0.3, 0.4) is 0 Å². The average molecular weight is 126 g/mol. The third-order valence-electron chi connectivity index (χ3n) is 1.54. The largest absolute Gasteiger partial charge is 0.392 e. The minimum Gasteiger partial charge on any atom is -0.392 e. The van der Waals surface area contributed by atoms with E-state index in [1.165, 1.54) is 0 Å². The second kappa shape index (κ2) is 2.81. The summed E-state index contributed by atoms with van der Waals surface area (Å²) in [6.07, 6.45) is 0.625. The van der Waals surface area contributed by atoms with Crippen molar-refractivity contribution < 1.29 is 5.11 Å². The third kappa shape index (κ3) is 1.67. The van der Waals surface area contributed by atoms with Crippen molar-refractivity contribution in [3.05, 3.63) is 0 Å². The van der Waals surface area contributed by atoms with Crippen molar-refractivity contribution in [2.45, 2.75) is 12.5 Å². The fourth-order valence-corrected chi connectivity index (χ4v) is 1.06. The van der Waals surface area contributed by atoms with E-state index in [2.05, 4.69) is 0 Å². The van der Waals surface area contributed by atoms with Gasteiger partial charge in [-0.1, -0.05) is 0 Å². The van der Waals surface area contributed by atoms with Crippen LogP contribution < -0.4 is 0 Å². The van der Waals surface area contributed by atoms with Crippen LogP contribution in [-0.4, -0.2) is 35.7 Å². The van der Waals surface area contributed by atoms with Crippen molar-refractivity contribution >= 4 is 0 Å². The highest BCUT2D eigenvalue weighted by Gasteiger charge is 2.18. The highest BCUT2D eigenvalue weighted by molar-refractivity contribution is 4.82. The lowest BCUT2D eigenvalue weighted by atomic mass is 10.3. The second-order valence-electron chi connectivity index (χ2n) is 2.34. The molecule has 0 amide bonds. The molecule has 0 saturated carbocycles. The van der Waals surface area contributed by atoms with Crippen LogP contribution in [0.25, 0.3) is 0 Å². The van der Waals surface area contributed by atoms with Gasteiger partial charge in [0.15, 0.2) is 0 Å². The fraction of sp³-hybridized carbons (Fsp3) is 0.833. The minimum atomic E-state index is -0.196. The summed E-state index contributed by atoms with van der Waals surface area (Å²) < 4.78 is 0. The first-order valence-corrected chi connectivity index (χ1v) is 3.10. The summed E-state index contributed by atoms with van der Waals surface area (Å²) in [5, 5.41) is 17.2. The SMILES string of the molecule is N#CCN1CC[C@@H](O)C1. The van der Waals surface area contributed by atoms with Crippen LogP contribution in [-0.2, 0) is 0 Å². The van der Waals surface area contributed by atoms with Gasteiger partial charge in [-0.2, -0.15) is 5.26 Å². The Hall–Kier alpha value is -0.590. The van der Waals surface area contributed by atoms with Gasteiger partial charge in [0.05, 0.1) is 18.7 Å². The molecule has 1 saturated heterocycles. The predicted molar refractivity (Wildman–Crippen MR) is 32.7 cm³/mol. The molecule has 0 bridgehead atoms. The zero-order valence-electron chi connectivity index (χ0n) is 5.25. The molecule has 0 unspecified atom stereocenters. The summed E-state index contributed by atoms with van der Waals surface area (Å²) in [6, 6.07) is 2.04. The number of rotatable bonds is 1. The molecule has 3 heteroatoms. The summed E-state index contributed by atoms with van der Waals surface area (Å²) in [6.45, 7) is 2.00. The van der Waals surface area contributed by atoms with Crippen molar-refractivity contribution in [3.63, 3.8) is 0 Å². The molecular formula is C6H10N2O. The summed E-state index contributed by atoms with van der Waals surface area (Å²) in [5.41, 5.74) is 0. The molecule has 0 radical (unpaired) electrons. The molecular weight excluding hydrogens is 116 g/mol. The Morgan fingerprint density at radius 3 is 3.00 bits per heavy atom. The van der Waals surface area contributed by atoms with Gasteiger partial charge in [-0.3, -0.25) is 4.90 Å². The van der Waals surface area contributed by atoms with E-state index < -0.39 is 0 Å². The first-order chi connectivity index (χ1) is 4.33. The topological polar surface area (TPSA) is 47.3 Å². The van der Waals surface area contributed by atoms with Gasteiger partial charge in [-0.05, 0) is 6.42 Å². The van der Waals surface area contributed by atoms with E-state index in [1.54, 1.807) is 0 Å². The Balaban J connectivity index is 2.24. The number of hydrogen-bond acceptors (Lipinski definition) is 3. The average Bonchev–Trinajstić information content (AvgIpc) is 2.17. The highest BCUT2D eigenvalue weighted by Crippen LogP contribution is 2.06. The van der Waals surface area contributed by atoms with Crippen LogP contribution >= 0.6 is 0 Å². The molecule has 1 N–H and O–H groups in total. The summed E-state index contributed by atoms with van der Waals surface area (Å²) in [4.78, 5) is 1.95. The van der Waals surface area contributed by atoms with E-state index in [-0.39, 0.29) is 6.10 Å². The standard InChI is InChI=1S/C6H10N2O/c7-2-4-8-3-1-6(9)5-8/h6,9H,1,3-5H2/t6-/m1/s1. The van der Waals surface area contributed by atoms with Crippen LogP contribution in [0.4, 0.5) is 0 Å². The van der Waals surface area contributed by atoms with Crippen molar-refractivity contribution in [1.82, 2.24) is 4.90 Å². The number of aliphatic hydroxyl groups excluding tert-OH is 1. The van der Waals surface area contributed by atoms with E-state index >= 15 is 0 Å². The van der Waals surface area contributed by atoms with Gasteiger partial charge in [0.2, 0.25) is 0 Å². The molecule has 0 aromatic carbocycles. The van der Waals surface area contributed by atoms with E-state index in [0.717, 1.165) is 13.0 Å². The Bertz CT molecular complexity index is 130. The maximum absolute atomic E-state index is 8.98. The van der Waals surface area contributed by atoms with Gasteiger partial charge in [-0.25, -0.2) is 0 Å². The van der Waals surface area contributed by atoms with Crippen LogP contribution in [0.15, 0.2) is 0 Å². The minimum absolute atomic E-state index is 0.196. The van der Waals surface area contributed by atoms with E-state index in [0.29, 0.717) is 13.1 Å². The number of likely N-dealkylation sites (tertiary alicyclic amines) is 1. The normalized spacial score (nSPS) is 28.2. The maximum Gasteiger partial charge on any atom is 0.0866 e. The van der Waals surface area contributed by atoms with Crippen LogP contribution in [0.5, 0.6) is 0 Å². The molecule has 1 rings (SSSR count). The van der Waals surface area contributed by atoms with Crippen molar-refractivity contribution in [3.8, 4) is 6.07 Å². The zero-order chi connectivity index (χ0) is 6.69. The van der Waals surface area contributed by atoms with Gasteiger partial charge in [-0.15, -0.1) is 0 Å². The lowest BCUT2D eigenvalue weighted by Gasteiger charge is -2.07. The summed E-state index contributed by atoms with van der Waals surface area (Å²) >= 11 is 0. The molecule has 1 fully saturated rings. The number of nitriles is 1. The number of aliphatic hydroxyl groups is 1. The van der Waals surface area contributed by atoms with Gasteiger partial charge in [0.25, 0.3) is 0 Å².